The fraction of sp³-hybridized carbons (Fsp3) is 0.500. The Labute approximate surface area is 119 Å². The molecule has 0 unspecified atom stereocenters. The standard InChI is InChI=1S/C16H22O4/c1-3-5-6-9-12(4-2)20-16(19)14-11-8-7-10-13(14)15(17)18/h7-8,10-12H,3-6,9H2,1-2H3,(H,17,18)/t12-/m1/s1. The van der Waals surface area contributed by atoms with Crippen molar-refractivity contribution in [3.05, 3.63) is 35.4 Å². The second kappa shape index (κ2) is 8.35. The lowest BCUT2D eigenvalue weighted by molar-refractivity contribution is 0.0262. The molecule has 1 aromatic carbocycles. The van der Waals surface area contributed by atoms with Crippen LogP contribution in [0.2, 0.25) is 0 Å². The van der Waals surface area contributed by atoms with Crippen molar-refractivity contribution in [2.75, 3.05) is 0 Å². The zero-order valence-electron chi connectivity index (χ0n) is 12.1. The molecule has 1 rings (SSSR count). The monoisotopic (exact) mass is 278 g/mol. The first-order valence-electron chi connectivity index (χ1n) is 7.13. The molecule has 0 heterocycles. The van der Waals surface area contributed by atoms with E-state index in [4.69, 9.17) is 9.84 Å². The van der Waals surface area contributed by atoms with Gasteiger partial charge in [0, 0.05) is 0 Å². The Kier molecular flexibility index (Phi) is 6.77. The average Bonchev–Trinajstić information content (AvgIpc) is 2.46. The van der Waals surface area contributed by atoms with Crippen molar-refractivity contribution in [1.29, 1.82) is 0 Å². The van der Waals surface area contributed by atoms with Gasteiger partial charge in [0.1, 0.15) is 6.10 Å². The normalized spacial score (nSPS) is 11.9. The van der Waals surface area contributed by atoms with Gasteiger partial charge < -0.3 is 9.84 Å². The van der Waals surface area contributed by atoms with E-state index in [2.05, 4.69) is 6.92 Å². The van der Waals surface area contributed by atoms with Crippen LogP contribution in [0.15, 0.2) is 24.3 Å². The van der Waals surface area contributed by atoms with Crippen LogP contribution in [-0.2, 0) is 4.74 Å². The van der Waals surface area contributed by atoms with Gasteiger partial charge in [-0.1, -0.05) is 38.8 Å². The number of rotatable bonds is 8. The highest BCUT2D eigenvalue weighted by Crippen LogP contribution is 2.15. The summed E-state index contributed by atoms with van der Waals surface area (Å²) in [5.74, 6) is -1.66. The largest absolute Gasteiger partial charge is 0.478 e. The third-order valence-electron chi connectivity index (χ3n) is 3.24. The van der Waals surface area contributed by atoms with E-state index in [-0.39, 0.29) is 17.2 Å². The Hall–Kier alpha value is -1.84. The number of carboxylic acids is 1. The molecule has 0 saturated heterocycles. The zero-order valence-corrected chi connectivity index (χ0v) is 12.1. The van der Waals surface area contributed by atoms with Crippen LogP contribution < -0.4 is 0 Å². The molecule has 20 heavy (non-hydrogen) atoms. The molecule has 0 bridgehead atoms. The van der Waals surface area contributed by atoms with E-state index in [0.29, 0.717) is 0 Å². The van der Waals surface area contributed by atoms with Gasteiger partial charge in [0.05, 0.1) is 11.1 Å². The molecule has 0 saturated carbocycles. The van der Waals surface area contributed by atoms with Crippen molar-refractivity contribution >= 4 is 11.9 Å². The van der Waals surface area contributed by atoms with Crippen LogP contribution in [0.25, 0.3) is 0 Å². The highest BCUT2D eigenvalue weighted by Gasteiger charge is 2.19. The highest BCUT2D eigenvalue weighted by molar-refractivity contribution is 6.02. The number of unbranched alkanes of at least 4 members (excludes halogenated alkanes) is 2. The van der Waals surface area contributed by atoms with Gasteiger partial charge in [-0.25, -0.2) is 9.59 Å². The van der Waals surface area contributed by atoms with Crippen LogP contribution in [0.5, 0.6) is 0 Å². The summed E-state index contributed by atoms with van der Waals surface area (Å²) in [6, 6.07) is 6.14. The Morgan fingerprint density at radius 1 is 1.15 bits per heavy atom. The fourth-order valence-corrected chi connectivity index (χ4v) is 2.03. The molecule has 4 heteroatoms. The molecule has 1 N–H and O–H groups in total. The number of benzene rings is 1. The van der Waals surface area contributed by atoms with Gasteiger partial charge in [-0.3, -0.25) is 0 Å². The maximum absolute atomic E-state index is 12.1. The van der Waals surface area contributed by atoms with E-state index in [9.17, 15) is 9.59 Å². The van der Waals surface area contributed by atoms with E-state index in [1.165, 1.54) is 12.1 Å². The zero-order chi connectivity index (χ0) is 15.0. The number of hydrogen-bond donors (Lipinski definition) is 1. The minimum Gasteiger partial charge on any atom is -0.478 e. The minimum atomic E-state index is -1.11. The molecule has 0 radical (unpaired) electrons. The van der Waals surface area contributed by atoms with Gasteiger partial charge in [-0.05, 0) is 31.4 Å². The molecule has 0 aliphatic heterocycles. The Morgan fingerprint density at radius 3 is 2.35 bits per heavy atom. The second-order valence-corrected chi connectivity index (χ2v) is 4.78. The molecule has 0 aliphatic carbocycles. The first-order chi connectivity index (χ1) is 9.60. The molecule has 0 aliphatic rings. The molecular weight excluding hydrogens is 256 g/mol. The molecule has 1 aromatic rings. The van der Waals surface area contributed by atoms with E-state index in [1.54, 1.807) is 12.1 Å². The number of carbonyl (C=O) groups is 2. The van der Waals surface area contributed by atoms with Gasteiger partial charge in [0.25, 0.3) is 0 Å². The molecular formula is C16H22O4. The van der Waals surface area contributed by atoms with E-state index < -0.39 is 11.9 Å². The van der Waals surface area contributed by atoms with Gasteiger partial charge in [-0.15, -0.1) is 0 Å². The third-order valence-corrected chi connectivity index (χ3v) is 3.24. The summed E-state index contributed by atoms with van der Waals surface area (Å²) < 4.78 is 5.42. The summed E-state index contributed by atoms with van der Waals surface area (Å²) in [4.78, 5) is 23.2. The lowest BCUT2D eigenvalue weighted by atomic mass is 10.1. The van der Waals surface area contributed by atoms with Gasteiger partial charge in [0.15, 0.2) is 0 Å². The predicted molar refractivity (Wildman–Crippen MR) is 77.0 cm³/mol. The first kappa shape index (κ1) is 16.2. The maximum atomic E-state index is 12.1. The molecule has 4 nitrogen and oxygen atoms in total. The SMILES string of the molecule is CCCCC[C@@H](CC)OC(=O)c1ccccc1C(=O)O. The number of ether oxygens (including phenoxy) is 1. The van der Waals surface area contributed by atoms with Crippen molar-refractivity contribution < 1.29 is 19.4 Å². The minimum absolute atomic E-state index is 0.0130. The smallest absolute Gasteiger partial charge is 0.339 e. The van der Waals surface area contributed by atoms with Crippen molar-refractivity contribution in [3.8, 4) is 0 Å². The number of carbonyl (C=O) groups excluding carboxylic acids is 1. The van der Waals surface area contributed by atoms with Crippen LogP contribution in [0, 0.1) is 0 Å². The lowest BCUT2D eigenvalue weighted by Crippen LogP contribution is -2.19. The van der Waals surface area contributed by atoms with Gasteiger partial charge in [0.2, 0.25) is 0 Å². The maximum Gasteiger partial charge on any atom is 0.339 e. The summed E-state index contributed by atoms with van der Waals surface area (Å²) in [5.41, 5.74) is 0.106. The van der Waals surface area contributed by atoms with Crippen molar-refractivity contribution in [3.63, 3.8) is 0 Å². The van der Waals surface area contributed by atoms with Crippen LogP contribution in [0.4, 0.5) is 0 Å². The van der Waals surface area contributed by atoms with Crippen LogP contribution in [-0.4, -0.2) is 23.1 Å². The van der Waals surface area contributed by atoms with Crippen molar-refractivity contribution in [1.82, 2.24) is 0 Å². The Bertz CT molecular complexity index is 454. The van der Waals surface area contributed by atoms with Crippen LogP contribution >= 0.6 is 0 Å². The third kappa shape index (κ3) is 4.68. The summed E-state index contributed by atoms with van der Waals surface area (Å²) in [7, 11) is 0. The summed E-state index contributed by atoms with van der Waals surface area (Å²) in [5, 5.41) is 9.07. The molecule has 110 valence electrons. The summed E-state index contributed by atoms with van der Waals surface area (Å²) in [6.07, 6.45) is 4.67. The van der Waals surface area contributed by atoms with Crippen molar-refractivity contribution in [2.24, 2.45) is 0 Å². The van der Waals surface area contributed by atoms with Gasteiger partial charge >= 0.3 is 11.9 Å². The molecule has 0 amide bonds. The summed E-state index contributed by atoms with van der Waals surface area (Å²) in [6.45, 7) is 4.09. The predicted octanol–water partition coefficient (Wildman–Crippen LogP) is 3.90. The Morgan fingerprint density at radius 2 is 1.80 bits per heavy atom. The fourth-order valence-electron chi connectivity index (χ4n) is 2.03. The number of esters is 1. The average molecular weight is 278 g/mol. The first-order valence-corrected chi connectivity index (χ1v) is 7.13. The van der Waals surface area contributed by atoms with Crippen molar-refractivity contribution in [2.45, 2.75) is 52.1 Å². The van der Waals surface area contributed by atoms with Crippen LogP contribution in [0.1, 0.15) is 66.7 Å². The highest BCUT2D eigenvalue weighted by atomic mass is 16.5. The van der Waals surface area contributed by atoms with Gasteiger partial charge in [-0.2, -0.15) is 0 Å². The Balaban J connectivity index is 2.72. The number of carboxylic acid groups (broad SMARTS) is 1. The van der Waals surface area contributed by atoms with E-state index in [0.717, 1.165) is 32.1 Å². The number of aromatic carboxylic acids is 1. The molecule has 0 fully saturated rings. The summed E-state index contributed by atoms with van der Waals surface area (Å²) >= 11 is 0. The van der Waals surface area contributed by atoms with E-state index >= 15 is 0 Å². The molecule has 1 atom stereocenters. The molecule has 0 aromatic heterocycles. The topological polar surface area (TPSA) is 63.6 Å². The number of hydrogen-bond acceptors (Lipinski definition) is 3. The lowest BCUT2D eigenvalue weighted by Gasteiger charge is -2.16. The second-order valence-electron chi connectivity index (χ2n) is 4.78. The molecule has 0 spiro atoms. The van der Waals surface area contributed by atoms with E-state index in [1.807, 2.05) is 6.92 Å². The van der Waals surface area contributed by atoms with Crippen LogP contribution in [0.3, 0.4) is 0 Å². The quantitative estimate of drug-likeness (QED) is 0.578.